The molecule has 4 heteroatoms. The second-order valence-electron chi connectivity index (χ2n) is 2.96. The number of aliphatic hydroxyl groups excluding tert-OH is 1. The molecule has 1 heterocycles. The predicted octanol–water partition coefficient (Wildman–Crippen LogP) is 2.70. The molecule has 0 radical (unpaired) electrons. The number of aliphatic hydroxyl groups is 1. The van der Waals surface area contributed by atoms with Gasteiger partial charge in [-0.1, -0.05) is 0 Å². The molecule has 0 aliphatic rings. The lowest BCUT2D eigenvalue weighted by Crippen LogP contribution is -1.96. The van der Waals surface area contributed by atoms with Crippen LogP contribution in [0, 0.1) is 0 Å². The van der Waals surface area contributed by atoms with E-state index in [0.717, 1.165) is 15.8 Å². The van der Waals surface area contributed by atoms with Crippen molar-refractivity contribution in [3.63, 3.8) is 0 Å². The van der Waals surface area contributed by atoms with E-state index in [2.05, 4.69) is 6.07 Å². The molecule has 14 heavy (non-hydrogen) atoms. The normalized spacial score (nSPS) is 11.0. The van der Waals surface area contributed by atoms with Crippen LogP contribution >= 0.6 is 23.1 Å². The van der Waals surface area contributed by atoms with Gasteiger partial charge in [0.25, 0.3) is 0 Å². The van der Waals surface area contributed by atoms with E-state index in [-0.39, 0.29) is 6.61 Å². The average molecular weight is 225 g/mol. The molecular formula is C10H11NOS2. The molecule has 0 unspecified atom stereocenters. The van der Waals surface area contributed by atoms with E-state index in [1.807, 2.05) is 17.7 Å². The number of nitrogens with two attached hydrogens (primary N) is 1. The van der Waals surface area contributed by atoms with E-state index in [0.29, 0.717) is 5.69 Å². The molecule has 1 aromatic heterocycles. The molecular weight excluding hydrogens is 214 g/mol. The Bertz CT molecular complexity index is 464. The Morgan fingerprint density at radius 2 is 2.36 bits per heavy atom. The van der Waals surface area contributed by atoms with Crippen LogP contribution in [0.15, 0.2) is 22.4 Å². The van der Waals surface area contributed by atoms with Gasteiger partial charge in [-0.3, -0.25) is 0 Å². The standard InChI is InChI=1S/C10H11NOS2/c1-13-9-4-8-6(2-3-14-8)7(5-12)10(9)11/h2-4,12H,5,11H2,1H3. The molecule has 0 saturated heterocycles. The molecule has 2 rings (SSSR count). The maximum atomic E-state index is 9.27. The van der Waals surface area contributed by atoms with Gasteiger partial charge in [-0.15, -0.1) is 23.1 Å². The highest BCUT2D eigenvalue weighted by Crippen LogP contribution is 2.35. The van der Waals surface area contributed by atoms with Crippen molar-refractivity contribution in [2.75, 3.05) is 12.0 Å². The van der Waals surface area contributed by atoms with Gasteiger partial charge in [-0.2, -0.15) is 0 Å². The molecule has 0 aliphatic carbocycles. The lowest BCUT2D eigenvalue weighted by molar-refractivity contribution is 0.284. The van der Waals surface area contributed by atoms with E-state index < -0.39 is 0 Å². The molecule has 3 N–H and O–H groups in total. The van der Waals surface area contributed by atoms with Gasteiger partial charge in [0.05, 0.1) is 12.3 Å². The minimum Gasteiger partial charge on any atom is -0.398 e. The summed E-state index contributed by atoms with van der Waals surface area (Å²) < 4.78 is 1.19. The highest BCUT2D eigenvalue weighted by atomic mass is 32.2. The van der Waals surface area contributed by atoms with Crippen LogP contribution < -0.4 is 5.73 Å². The van der Waals surface area contributed by atoms with E-state index in [4.69, 9.17) is 5.73 Å². The third kappa shape index (κ3) is 1.39. The molecule has 0 fully saturated rings. The summed E-state index contributed by atoms with van der Waals surface area (Å²) in [6, 6.07) is 4.09. The zero-order chi connectivity index (χ0) is 10.1. The largest absolute Gasteiger partial charge is 0.398 e. The molecule has 0 atom stereocenters. The van der Waals surface area contributed by atoms with Gasteiger partial charge in [0.15, 0.2) is 0 Å². The minimum atomic E-state index is 0.00741. The van der Waals surface area contributed by atoms with Gasteiger partial charge in [0.1, 0.15) is 0 Å². The fourth-order valence-corrected chi connectivity index (χ4v) is 3.02. The number of thiophene rings is 1. The number of nitrogen functional groups attached to an aromatic ring is 1. The van der Waals surface area contributed by atoms with Crippen LogP contribution in [-0.4, -0.2) is 11.4 Å². The second-order valence-corrected chi connectivity index (χ2v) is 4.76. The van der Waals surface area contributed by atoms with E-state index in [9.17, 15) is 5.11 Å². The highest BCUT2D eigenvalue weighted by Gasteiger charge is 2.10. The summed E-state index contributed by atoms with van der Waals surface area (Å²) in [7, 11) is 0. The fourth-order valence-electron chi connectivity index (χ4n) is 1.51. The number of fused-ring (bicyclic) bond motifs is 1. The van der Waals surface area contributed by atoms with Crippen molar-refractivity contribution in [2.24, 2.45) is 0 Å². The van der Waals surface area contributed by atoms with Gasteiger partial charge < -0.3 is 10.8 Å². The van der Waals surface area contributed by atoms with Gasteiger partial charge in [0.2, 0.25) is 0 Å². The van der Waals surface area contributed by atoms with Crippen LogP contribution in [0.25, 0.3) is 10.1 Å². The van der Waals surface area contributed by atoms with Crippen LogP contribution in [0.1, 0.15) is 5.56 Å². The van der Waals surface area contributed by atoms with Crippen molar-refractivity contribution in [1.29, 1.82) is 0 Å². The van der Waals surface area contributed by atoms with Crippen molar-refractivity contribution < 1.29 is 5.11 Å². The number of rotatable bonds is 2. The first-order valence-corrected chi connectivity index (χ1v) is 6.31. The van der Waals surface area contributed by atoms with Crippen LogP contribution in [0.3, 0.4) is 0 Å². The molecule has 0 aliphatic heterocycles. The summed E-state index contributed by atoms with van der Waals surface area (Å²) >= 11 is 3.29. The maximum absolute atomic E-state index is 9.27. The van der Waals surface area contributed by atoms with Gasteiger partial charge in [0, 0.05) is 20.5 Å². The van der Waals surface area contributed by atoms with Crippen LogP contribution in [-0.2, 0) is 6.61 Å². The van der Waals surface area contributed by atoms with Crippen molar-refractivity contribution in [2.45, 2.75) is 11.5 Å². The Hall–Kier alpha value is -0.710. The second kappa shape index (κ2) is 3.81. The summed E-state index contributed by atoms with van der Waals surface area (Å²) in [5, 5.41) is 12.4. The molecule has 0 amide bonds. The lowest BCUT2D eigenvalue weighted by Gasteiger charge is -2.08. The smallest absolute Gasteiger partial charge is 0.0708 e. The zero-order valence-corrected chi connectivity index (χ0v) is 9.41. The molecule has 1 aromatic carbocycles. The van der Waals surface area contributed by atoms with Crippen LogP contribution in [0.4, 0.5) is 5.69 Å². The highest BCUT2D eigenvalue weighted by molar-refractivity contribution is 7.98. The van der Waals surface area contributed by atoms with E-state index in [1.54, 1.807) is 23.1 Å². The fraction of sp³-hybridized carbons (Fsp3) is 0.200. The molecule has 0 spiro atoms. The Morgan fingerprint density at radius 3 is 3.00 bits per heavy atom. The van der Waals surface area contributed by atoms with Crippen molar-refractivity contribution in [3.8, 4) is 0 Å². The number of thioether (sulfide) groups is 1. The van der Waals surface area contributed by atoms with E-state index >= 15 is 0 Å². The number of hydrogen-bond donors (Lipinski definition) is 2. The summed E-state index contributed by atoms with van der Waals surface area (Å²) in [4.78, 5) is 1.05. The summed E-state index contributed by atoms with van der Waals surface area (Å²) in [5.41, 5.74) is 7.52. The van der Waals surface area contributed by atoms with E-state index in [1.165, 1.54) is 4.70 Å². The summed E-state index contributed by atoms with van der Waals surface area (Å²) in [6.07, 6.45) is 1.99. The van der Waals surface area contributed by atoms with Crippen molar-refractivity contribution in [1.82, 2.24) is 0 Å². The van der Waals surface area contributed by atoms with Gasteiger partial charge in [-0.05, 0) is 23.8 Å². The Kier molecular flexibility index (Phi) is 2.67. The molecule has 2 nitrogen and oxygen atoms in total. The third-order valence-corrected chi connectivity index (χ3v) is 3.89. The number of hydrogen-bond acceptors (Lipinski definition) is 4. The van der Waals surface area contributed by atoms with Crippen molar-refractivity contribution >= 4 is 38.9 Å². The molecule has 74 valence electrons. The number of benzene rings is 1. The van der Waals surface area contributed by atoms with Gasteiger partial charge >= 0.3 is 0 Å². The molecule has 0 saturated carbocycles. The predicted molar refractivity (Wildman–Crippen MR) is 63.9 cm³/mol. The van der Waals surface area contributed by atoms with Crippen LogP contribution in [0.2, 0.25) is 0 Å². The summed E-state index contributed by atoms with van der Waals surface area (Å²) in [6.45, 7) is 0.00741. The third-order valence-electron chi connectivity index (χ3n) is 2.25. The quantitative estimate of drug-likeness (QED) is 0.610. The minimum absolute atomic E-state index is 0.00741. The monoisotopic (exact) mass is 225 g/mol. The maximum Gasteiger partial charge on any atom is 0.0708 e. The lowest BCUT2D eigenvalue weighted by atomic mass is 10.1. The molecule has 2 aromatic rings. The Balaban J connectivity index is 2.80. The zero-order valence-electron chi connectivity index (χ0n) is 7.78. The van der Waals surface area contributed by atoms with Crippen molar-refractivity contribution in [3.05, 3.63) is 23.1 Å². The number of anilines is 1. The summed E-state index contributed by atoms with van der Waals surface area (Å²) in [5.74, 6) is 0. The Labute approximate surface area is 90.7 Å². The average Bonchev–Trinajstić information content (AvgIpc) is 2.64. The topological polar surface area (TPSA) is 46.2 Å². The van der Waals surface area contributed by atoms with Crippen LogP contribution in [0.5, 0.6) is 0 Å². The van der Waals surface area contributed by atoms with Gasteiger partial charge in [-0.25, -0.2) is 0 Å². The molecule has 0 bridgehead atoms. The SMILES string of the molecule is CSc1cc2sccc2c(CO)c1N. The first kappa shape index (κ1) is 9.83. The Morgan fingerprint density at radius 1 is 1.57 bits per heavy atom. The first-order valence-electron chi connectivity index (χ1n) is 4.21. The first-order chi connectivity index (χ1) is 6.77.